The summed E-state index contributed by atoms with van der Waals surface area (Å²) in [5.41, 5.74) is 1.80. The van der Waals surface area contributed by atoms with Crippen molar-refractivity contribution in [2.24, 2.45) is 5.92 Å². The lowest BCUT2D eigenvalue weighted by molar-refractivity contribution is 0.0165. The van der Waals surface area contributed by atoms with Gasteiger partial charge < -0.3 is 10.1 Å². The highest BCUT2D eigenvalue weighted by atomic mass is 32.1. The first-order chi connectivity index (χ1) is 15.7. The van der Waals surface area contributed by atoms with Gasteiger partial charge >= 0.3 is 0 Å². The predicted molar refractivity (Wildman–Crippen MR) is 128 cm³/mol. The number of alkyl halides is 2. The van der Waals surface area contributed by atoms with E-state index in [4.69, 9.17) is 4.74 Å². The Kier molecular flexibility index (Phi) is 8.86. The van der Waals surface area contributed by atoms with Crippen molar-refractivity contribution in [1.29, 1.82) is 0 Å². The minimum atomic E-state index is -2.98. The molecule has 2 aromatic heterocycles. The third kappa shape index (κ3) is 7.54. The van der Waals surface area contributed by atoms with E-state index in [1.807, 2.05) is 0 Å². The van der Waals surface area contributed by atoms with Crippen LogP contribution >= 0.6 is 11.3 Å². The minimum absolute atomic E-state index is 0.0203. The Balaban J connectivity index is 1.65. The highest BCUT2D eigenvalue weighted by Crippen LogP contribution is 2.35. The molecule has 178 valence electrons. The molecule has 3 aromatic rings. The van der Waals surface area contributed by atoms with Gasteiger partial charge in [-0.3, -0.25) is 4.98 Å². The first-order valence-corrected chi connectivity index (χ1v) is 12.0. The lowest BCUT2D eigenvalue weighted by Gasteiger charge is -2.18. The molecule has 33 heavy (non-hydrogen) atoms. The van der Waals surface area contributed by atoms with Crippen LogP contribution in [0.1, 0.15) is 51.2 Å². The molecule has 3 rings (SSSR count). The number of benzene rings is 1. The number of anilines is 2. The van der Waals surface area contributed by atoms with Gasteiger partial charge in [-0.2, -0.15) is 4.39 Å². The van der Waals surface area contributed by atoms with Crippen molar-refractivity contribution in [2.45, 2.75) is 52.4 Å². The molecule has 0 bridgehead atoms. The van der Waals surface area contributed by atoms with Gasteiger partial charge in [0.2, 0.25) is 5.13 Å². The van der Waals surface area contributed by atoms with E-state index in [1.54, 1.807) is 30.5 Å². The van der Waals surface area contributed by atoms with E-state index in [9.17, 15) is 13.2 Å². The van der Waals surface area contributed by atoms with Gasteiger partial charge in [-0.15, -0.1) is 0 Å². The lowest BCUT2D eigenvalue weighted by atomic mass is 9.97. The molecule has 0 fully saturated rings. The van der Waals surface area contributed by atoms with Crippen LogP contribution in [0, 0.1) is 11.0 Å². The summed E-state index contributed by atoms with van der Waals surface area (Å²) in [7, 11) is 0. The van der Waals surface area contributed by atoms with Gasteiger partial charge in [0.1, 0.15) is 5.69 Å². The Morgan fingerprint density at radius 1 is 1.15 bits per heavy atom. The van der Waals surface area contributed by atoms with Crippen LogP contribution < -0.4 is 5.32 Å². The molecule has 0 saturated carbocycles. The molecule has 8 heteroatoms. The van der Waals surface area contributed by atoms with Gasteiger partial charge in [0.15, 0.2) is 5.13 Å². The summed E-state index contributed by atoms with van der Waals surface area (Å²) >= 11 is 0.831. The molecule has 0 saturated heterocycles. The Morgan fingerprint density at radius 2 is 1.97 bits per heavy atom. The third-order valence-electron chi connectivity index (χ3n) is 5.04. The van der Waals surface area contributed by atoms with Crippen molar-refractivity contribution in [3.8, 4) is 11.3 Å². The average molecular weight is 478 g/mol. The molecule has 4 nitrogen and oxygen atoms in total. The van der Waals surface area contributed by atoms with Crippen LogP contribution in [0.15, 0.2) is 42.7 Å². The first kappa shape index (κ1) is 25.2. The molecule has 0 unspecified atom stereocenters. The molecule has 0 aliphatic carbocycles. The summed E-state index contributed by atoms with van der Waals surface area (Å²) in [5, 5.41) is 2.81. The second-order valence-corrected chi connectivity index (χ2v) is 9.50. The Labute approximate surface area is 197 Å². The molecule has 0 aliphatic heterocycles. The number of nitrogens with one attached hydrogen (secondary N) is 1. The summed E-state index contributed by atoms with van der Waals surface area (Å²) in [5.74, 6) is -2.48. The van der Waals surface area contributed by atoms with Crippen molar-refractivity contribution >= 4 is 22.2 Å². The quantitative estimate of drug-likeness (QED) is 0.273. The number of halogens is 3. The second kappa shape index (κ2) is 11.6. The van der Waals surface area contributed by atoms with E-state index in [0.29, 0.717) is 40.9 Å². The van der Waals surface area contributed by atoms with Gasteiger partial charge in [0, 0.05) is 49.3 Å². The number of unbranched alkanes of at least 4 members (excludes halogenated alkanes) is 2. The molecule has 0 amide bonds. The Morgan fingerprint density at radius 3 is 2.67 bits per heavy atom. The molecular weight excluding hydrogens is 447 g/mol. The molecule has 0 aliphatic rings. The standard InChI is InChI=1S/C25H30F3N3OS/c1-17(2)16-32-13-6-4-5-8-18-10-11-20(14-21(18)25(3,27)28)30-24-31-22(23(26)33-24)19-9-7-12-29-15-19/h7,9-12,14-15,17H,4-6,8,13,16H2,1-3H3,(H,30,31). The summed E-state index contributed by atoms with van der Waals surface area (Å²) in [6.45, 7) is 6.56. The third-order valence-corrected chi connectivity index (χ3v) is 5.80. The van der Waals surface area contributed by atoms with E-state index in [2.05, 4.69) is 29.1 Å². The summed E-state index contributed by atoms with van der Waals surface area (Å²) in [4.78, 5) is 8.26. The number of ether oxygens (including phenoxy) is 1. The van der Waals surface area contributed by atoms with E-state index in [0.717, 1.165) is 44.1 Å². The van der Waals surface area contributed by atoms with Crippen molar-refractivity contribution in [2.75, 3.05) is 18.5 Å². The average Bonchev–Trinajstić information content (AvgIpc) is 3.13. The fraction of sp³-hybridized carbons (Fsp3) is 0.440. The number of nitrogens with zero attached hydrogens (tertiary/aromatic N) is 2. The fourth-order valence-corrected chi connectivity index (χ4v) is 4.19. The van der Waals surface area contributed by atoms with E-state index in [1.165, 1.54) is 12.3 Å². The number of hydrogen-bond donors (Lipinski definition) is 1. The highest BCUT2D eigenvalue weighted by Gasteiger charge is 2.28. The predicted octanol–water partition coefficient (Wildman–Crippen LogP) is 7.58. The normalized spacial score (nSPS) is 11.8. The lowest BCUT2D eigenvalue weighted by Crippen LogP contribution is -2.11. The topological polar surface area (TPSA) is 47.0 Å². The maximum absolute atomic E-state index is 14.4. The number of rotatable bonds is 12. The van der Waals surface area contributed by atoms with E-state index >= 15 is 0 Å². The van der Waals surface area contributed by atoms with Gasteiger partial charge in [-0.05, 0) is 55.0 Å². The molecular formula is C25H30F3N3OS. The first-order valence-electron chi connectivity index (χ1n) is 11.2. The van der Waals surface area contributed by atoms with Crippen molar-refractivity contribution < 1.29 is 17.9 Å². The molecule has 0 spiro atoms. The van der Waals surface area contributed by atoms with Crippen LogP contribution in [-0.2, 0) is 17.1 Å². The maximum Gasteiger partial charge on any atom is 0.270 e. The van der Waals surface area contributed by atoms with Crippen LogP contribution in [0.3, 0.4) is 0 Å². The highest BCUT2D eigenvalue weighted by molar-refractivity contribution is 7.14. The fourth-order valence-electron chi connectivity index (χ4n) is 3.46. The summed E-state index contributed by atoms with van der Waals surface area (Å²) < 4.78 is 48.6. The zero-order valence-corrected chi connectivity index (χ0v) is 20.0. The smallest absolute Gasteiger partial charge is 0.270 e. The maximum atomic E-state index is 14.4. The van der Waals surface area contributed by atoms with E-state index < -0.39 is 11.1 Å². The number of aromatic nitrogens is 2. The van der Waals surface area contributed by atoms with Crippen LogP contribution in [0.4, 0.5) is 24.0 Å². The van der Waals surface area contributed by atoms with Crippen LogP contribution in [-0.4, -0.2) is 23.2 Å². The van der Waals surface area contributed by atoms with Gasteiger partial charge in [-0.25, -0.2) is 13.8 Å². The van der Waals surface area contributed by atoms with Gasteiger partial charge in [0.25, 0.3) is 5.92 Å². The monoisotopic (exact) mass is 477 g/mol. The summed E-state index contributed by atoms with van der Waals surface area (Å²) in [6, 6.07) is 8.31. The SMILES string of the molecule is CC(C)COCCCCCc1ccc(Nc2nc(-c3cccnc3)c(F)s2)cc1C(C)(F)F. The number of thiazole rings is 1. The van der Waals surface area contributed by atoms with E-state index in [-0.39, 0.29) is 11.3 Å². The number of pyridine rings is 1. The zero-order chi connectivity index (χ0) is 23.8. The molecule has 1 N–H and O–H groups in total. The molecule has 1 aromatic carbocycles. The largest absolute Gasteiger partial charge is 0.381 e. The van der Waals surface area contributed by atoms with Crippen molar-refractivity contribution in [1.82, 2.24) is 9.97 Å². The Hall–Kier alpha value is -2.45. The molecule has 0 atom stereocenters. The van der Waals surface area contributed by atoms with Crippen LogP contribution in [0.5, 0.6) is 0 Å². The van der Waals surface area contributed by atoms with Gasteiger partial charge in [0.05, 0.1) is 0 Å². The van der Waals surface area contributed by atoms with Crippen molar-refractivity contribution in [3.05, 3.63) is 59.0 Å². The van der Waals surface area contributed by atoms with Crippen molar-refractivity contribution in [3.63, 3.8) is 0 Å². The number of hydrogen-bond acceptors (Lipinski definition) is 5. The zero-order valence-electron chi connectivity index (χ0n) is 19.2. The molecule has 0 radical (unpaired) electrons. The van der Waals surface area contributed by atoms with Crippen LogP contribution in [0.2, 0.25) is 0 Å². The molecule has 2 heterocycles. The minimum Gasteiger partial charge on any atom is -0.381 e. The Bertz CT molecular complexity index is 1020. The second-order valence-electron chi connectivity index (χ2n) is 8.55. The van der Waals surface area contributed by atoms with Crippen LogP contribution in [0.25, 0.3) is 11.3 Å². The summed E-state index contributed by atoms with van der Waals surface area (Å²) in [6.07, 6.45) is 6.35. The van der Waals surface area contributed by atoms with Gasteiger partial charge in [-0.1, -0.05) is 37.7 Å². The number of aryl methyl sites for hydroxylation is 1.